The van der Waals surface area contributed by atoms with Gasteiger partial charge in [-0.05, 0) is 54.1 Å². The number of alkyl carbamates (subject to hydrolysis) is 1. The van der Waals surface area contributed by atoms with Crippen LogP contribution >= 0.6 is 11.6 Å². The summed E-state index contributed by atoms with van der Waals surface area (Å²) in [5.41, 5.74) is 2.88. The fourth-order valence-electron chi connectivity index (χ4n) is 2.94. The van der Waals surface area contributed by atoms with Crippen LogP contribution < -0.4 is 5.32 Å². The first-order chi connectivity index (χ1) is 13.6. The number of hydrogen-bond acceptors (Lipinski definition) is 3. The molecule has 2 heterocycles. The van der Waals surface area contributed by atoms with Gasteiger partial charge >= 0.3 is 6.09 Å². The first-order valence-corrected chi connectivity index (χ1v) is 8.92. The van der Waals surface area contributed by atoms with E-state index in [0.717, 1.165) is 11.1 Å². The van der Waals surface area contributed by atoms with Crippen molar-refractivity contribution in [2.45, 2.75) is 12.1 Å². The van der Waals surface area contributed by atoms with Crippen molar-refractivity contribution in [1.29, 1.82) is 0 Å². The number of carbonyl (C=O) groups excluding carboxylic acids is 1. The summed E-state index contributed by atoms with van der Waals surface area (Å²) in [5, 5.41) is 3.41. The van der Waals surface area contributed by atoms with Gasteiger partial charge in [0.2, 0.25) is 0 Å². The fourth-order valence-corrected chi connectivity index (χ4v) is 3.06. The molecule has 1 saturated heterocycles. The smallest absolute Gasteiger partial charge is 0.408 e. The number of cyclic esters (lactones) is 1. The quantitative estimate of drug-likeness (QED) is 0.637. The van der Waals surface area contributed by atoms with Gasteiger partial charge in [-0.2, -0.15) is 0 Å². The molecule has 1 N–H and O–H groups in total. The van der Waals surface area contributed by atoms with Gasteiger partial charge in [-0.15, -0.1) is 0 Å². The number of hydrogen-bond donors (Lipinski definition) is 1. The van der Waals surface area contributed by atoms with E-state index in [4.69, 9.17) is 16.3 Å². The van der Waals surface area contributed by atoms with Crippen molar-refractivity contribution in [1.82, 2.24) is 10.3 Å². The summed E-state index contributed by atoms with van der Waals surface area (Å²) in [6, 6.07) is 16.2. The second-order valence-electron chi connectivity index (χ2n) is 6.23. The maximum absolute atomic E-state index is 13.2. The summed E-state index contributed by atoms with van der Waals surface area (Å²) in [6.45, 7) is 0. The van der Waals surface area contributed by atoms with Crippen LogP contribution in [0.1, 0.15) is 34.5 Å². The predicted molar refractivity (Wildman–Crippen MR) is 103 cm³/mol. The minimum Gasteiger partial charge on any atom is -0.439 e. The molecule has 1 aromatic heterocycles. The predicted octanol–water partition coefficient (Wildman–Crippen LogP) is 4.80. The Morgan fingerprint density at radius 3 is 2.46 bits per heavy atom. The van der Waals surface area contributed by atoms with Crippen LogP contribution in [0.3, 0.4) is 0 Å². The van der Waals surface area contributed by atoms with E-state index in [1.807, 2.05) is 12.1 Å². The normalized spacial score (nSPS) is 18.0. The highest BCUT2D eigenvalue weighted by molar-refractivity contribution is 6.30. The lowest BCUT2D eigenvalue weighted by Crippen LogP contribution is -2.20. The third-order valence-electron chi connectivity index (χ3n) is 4.30. The fraction of sp³-hybridized carbons (Fsp3) is 0.0909. The van der Waals surface area contributed by atoms with Crippen LogP contribution in [0.5, 0.6) is 0 Å². The molecule has 1 aliphatic rings. The minimum atomic E-state index is -0.597. The van der Waals surface area contributed by atoms with Crippen LogP contribution in [0, 0.1) is 17.7 Å². The summed E-state index contributed by atoms with van der Waals surface area (Å²) in [4.78, 5) is 16.2. The zero-order valence-electron chi connectivity index (χ0n) is 14.5. The number of benzene rings is 2. The maximum Gasteiger partial charge on any atom is 0.408 e. The van der Waals surface area contributed by atoms with Crippen molar-refractivity contribution in [2.24, 2.45) is 0 Å². The second-order valence-corrected chi connectivity index (χ2v) is 6.66. The number of nitrogens with one attached hydrogen (secondary N) is 1. The van der Waals surface area contributed by atoms with Gasteiger partial charge in [-0.1, -0.05) is 35.6 Å². The average Bonchev–Trinajstić information content (AvgIpc) is 3.10. The SMILES string of the molecule is O=C1N[C@H](c2cc(C#Cc3ccc(Cl)cc3)ccn2)[C@@H](c2ccc(F)cc2)O1. The highest BCUT2D eigenvalue weighted by Gasteiger charge is 2.37. The molecule has 0 saturated carbocycles. The Labute approximate surface area is 166 Å². The largest absolute Gasteiger partial charge is 0.439 e. The third kappa shape index (κ3) is 3.98. The van der Waals surface area contributed by atoms with E-state index < -0.39 is 18.2 Å². The number of nitrogens with zero attached hydrogens (tertiary/aromatic N) is 1. The lowest BCUT2D eigenvalue weighted by atomic mass is 9.99. The Morgan fingerprint density at radius 1 is 1.00 bits per heavy atom. The molecule has 1 amide bonds. The zero-order valence-corrected chi connectivity index (χ0v) is 15.3. The van der Waals surface area contributed by atoms with Crippen LogP contribution in [0.4, 0.5) is 9.18 Å². The van der Waals surface area contributed by atoms with E-state index >= 15 is 0 Å². The molecule has 1 fully saturated rings. The zero-order chi connectivity index (χ0) is 19.5. The monoisotopic (exact) mass is 392 g/mol. The molecule has 0 bridgehead atoms. The Bertz CT molecular complexity index is 1070. The van der Waals surface area contributed by atoms with Gasteiger partial charge in [-0.25, -0.2) is 9.18 Å². The molecule has 0 unspecified atom stereocenters. The Kier molecular flexibility index (Phi) is 4.96. The third-order valence-corrected chi connectivity index (χ3v) is 4.56. The molecule has 4 nitrogen and oxygen atoms in total. The van der Waals surface area contributed by atoms with Gasteiger partial charge in [0, 0.05) is 22.3 Å². The highest BCUT2D eigenvalue weighted by Crippen LogP contribution is 2.36. The van der Waals surface area contributed by atoms with Crippen molar-refractivity contribution in [3.63, 3.8) is 0 Å². The van der Waals surface area contributed by atoms with Crippen molar-refractivity contribution in [3.05, 3.63) is 100 Å². The summed E-state index contributed by atoms with van der Waals surface area (Å²) < 4.78 is 18.6. The molecule has 2 aromatic carbocycles. The number of amides is 1. The van der Waals surface area contributed by atoms with Crippen molar-refractivity contribution < 1.29 is 13.9 Å². The first kappa shape index (κ1) is 18.0. The van der Waals surface area contributed by atoms with E-state index in [9.17, 15) is 9.18 Å². The molecule has 0 radical (unpaired) electrons. The number of carbonyl (C=O) groups is 1. The Morgan fingerprint density at radius 2 is 1.71 bits per heavy atom. The Balaban J connectivity index is 1.61. The van der Waals surface area contributed by atoms with Crippen molar-refractivity contribution >= 4 is 17.7 Å². The first-order valence-electron chi connectivity index (χ1n) is 8.55. The molecule has 1 aliphatic heterocycles. The van der Waals surface area contributed by atoms with E-state index in [1.165, 1.54) is 12.1 Å². The molecule has 4 rings (SSSR count). The van der Waals surface area contributed by atoms with Gasteiger partial charge in [0.1, 0.15) is 11.9 Å². The molecule has 138 valence electrons. The van der Waals surface area contributed by atoms with E-state index in [1.54, 1.807) is 42.6 Å². The van der Waals surface area contributed by atoms with E-state index in [-0.39, 0.29) is 5.82 Å². The second kappa shape index (κ2) is 7.71. The topological polar surface area (TPSA) is 51.2 Å². The minimum absolute atomic E-state index is 0.352. The van der Waals surface area contributed by atoms with Crippen LogP contribution in [-0.2, 0) is 4.74 Å². The average molecular weight is 393 g/mol. The van der Waals surface area contributed by atoms with Gasteiger partial charge in [0.25, 0.3) is 0 Å². The molecule has 2 atom stereocenters. The van der Waals surface area contributed by atoms with Gasteiger partial charge in [-0.3, -0.25) is 4.98 Å². The maximum atomic E-state index is 13.2. The van der Waals surface area contributed by atoms with Crippen LogP contribution in [0.2, 0.25) is 5.02 Å². The molecule has 28 heavy (non-hydrogen) atoms. The van der Waals surface area contributed by atoms with Crippen LogP contribution in [0.25, 0.3) is 0 Å². The molecule has 0 aliphatic carbocycles. The molecular weight excluding hydrogens is 379 g/mol. The summed E-state index contributed by atoms with van der Waals surface area (Å²) in [5.74, 6) is 5.80. The number of rotatable bonds is 2. The van der Waals surface area contributed by atoms with Crippen LogP contribution in [0.15, 0.2) is 66.9 Å². The summed E-state index contributed by atoms with van der Waals surface area (Å²) in [7, 11) is 0. The number of aromatic nitrogens is 1. The van der Waals surface area contributed by atoms with E-state index in [2.05, 4.69) is 22.1 Å². The lowest BCUT2D eigenvalue weighted by molar-refractivity contribution is 0.132. The summed E-state index contributed by atoms with van der Waals surface area (Å²) in [6.07, 6.45) is 0.492. The van der Waals surface area contributed by atoms with Crippen LogP contribution in [-0.4, -0.2) is 11.1 Å². The van der Waals surface area contributed by atoms with Gasteiger partial charge in [0.05, 0.1) is 5.69 Å². The number of halogens is 2. The van der Waals surface area contributed by atoms with Gasteiger partial charge < -0.3 is 10.1 Å². The van der Waals surface area contributed by atoms with E-state index in [0.29, 0.717) is 16.3 Å². The van der Waals surface area contributed by atoms with Crippen molar-refractivity contribution in [2.75, 3.05) is 0 Å². The summed E-state index contributed by atoms with van der Waals surface area (Å²) >= 11 is 5.88. The molecule has 3 aromatic rings. The van der Waals surface area contributed by atoms with Crippen molar-refractivity contribution in [3.8, 4) is 11.8 Å². The highest BCUT2D eigenvalue weighted by atomic mass is 35.5. The molecule has 0 spiro atoms. The molecular formula is C22H14ClFN2O2. The molecule has 6 heteroatoms. The number of ether oxygens (including phenoxy) is 1. The van der Waals surface area contributed by atoms with Gasteiger partial charge in [0.15, 0.2) is 6.10 Å². The number of pyridine rings is 1. The Hall–Kier alpha value is -3.36. The lowest BCUT2D eigenvalue weighted by Gasteiger charge is -2.17. The standard InChI is InChI=1S/C22H14ClFN2O2/c23-17-7-3-14(4-8-17)1-2-15-11-12-25-19(13-15)20-21(28-22(27)26-20)16-5-9-18(24)10-6-16/h3-13,20-21H,(H,26,27)/t20-,21-/m1/s1.